The Morgan fingerprint density at radius 3 is 2.21 bits per heavy atom. The highest BCUT2D eigenvalue weighted by molar-refractivity contribution is 8.00. The number of benzene rings is 2. The molecular weight excluding hydrogens is 452 g/mol. The minimum Gasteiger partial charge on any atom is -0.481 e. The van der Waals surface area contributed by atoms with Crippen molar-refractivity contribution in [1.29, 1.82) is 0 Å². The van der Waals surface area contributed by atoms with Crippen LogP contribution in [0.2, 0.25) is 0 Å². The SMILES string of the molecule is O=C(O)CCC(NC(=O)OCC1c2ccccc2-c2ccccc21)C(=O)NC1CC2(CSC2)C1. The molecule has 2 aromatic rings. The second-order valence-corrected chi connectivity index (χ2v) is 10.5. The molecule has 3 aliphatic rings. The van der Waals surface area contributed by atoms with E-state index in [9.17, 15) is 14.4 Å². The summed E-state index contributed by atoms with van der Waals surface area (Å²) in [5.74, 6) is 0.832. The molecule has 2 fully saturated rings. The van der Waals surface area contributed by atoms with E-state index in [1.807, 2.05) is 48.2 Å². The lowest BCUT2D eigenvalue weighted by Crippen LogP contribution is -2.59. The number of rotatable bonds is 8. The second-order valence-electron chi connectivity index (χ2n) is 9.56. The predicted molar refractivity (Wildman–Crippen MR) is 130 cm³/mol. The summed E-state index contributed by atoms with van der Waals surface area (Å²) in [6, 6.07) is 15.3. The third kappa shape index (κ3) is 4.51. The van der Waals surface area contributed by atoms with E-state index in [0.717, 1.165) is 46.6 Å². The van der Waals surface area contributed by atoms with E-state index in [1.165, 1.54) is 0 Å². The van der Waals surface area contributed by atoms with E-state index in [4.69, 9.17) is 9.84 Å². The standard InChI is InChI=1S/C26H28N2O5S/c29-23(30)10-9-22(24(31)27-16-11-26(12-16)14-34-15-26)28-25(32)33-13-21-19-7-3-1-5-17(19)18-6-2-4-8-20(18)21/h1-8,16,21-22H,9-15H2,(H,27,31)(H,28,32)(H,29,30). The highest BCUT2D eigenvalue weighted by atomic mass is 32.2. The van der Waals surface area contributed by atoms with Crippen molar-refractivity contribution in [3.05, 3.63) is 59.7 Å². The zero-order valence-electron chi connectivity index (χ0n) is 18.8. The molecule has 1 atom stereocenters. The van der Waals surface area contributed by atoms with Crippen LogP contribution in [-0.4, -0.2) is 53.3 Å². The molecule has 1 spiro atoms. The molecule has 34 heavy (non-hydrogen) atoms. The Kier molecular flexibility index (Phi) is 6.25. The summed E-state index contributed by atoms with van der Waals surface area (Å²) in [6.07, 6.45) is 0.976. The number of carbonyl (C=O) groups is 3. The van der Waals surface area contributed by atoms with Gasteiger partial charge in [0.25, 0.3) is 0 Å². The Balaban J connectivity index is 1.20. The van der Waals surface area contributed by atoms with Crippen LogP contribution < -0.4 is 10.6 Å². The third-order valence-electron chi connectivity index (χ3n) is 7.12. The molecule has 2 aromatic carbocycles. The number of aliphatic carboxylic acids is 1. The maximum atomic E-state index is 12.8. The minimum atomic E-state index is -1.01. The average Bonchev–Trinajstić information content (AvgIpc) is 3.09. The van der Waals surface area contributed by atoms with Crippen LogP contribution in [0, 0.1) is 5.41 Å². The van der Waals surface area contributed by atoms with E-state index in [0.29, 0.717) is 5.41 Å². The number of nitrogens with one attached hydrogen (secondary N) is 2. The molecule has 1 saturated heterocycles. The number of hydrogen-bond acceptors (Lipinski definition) is 5. The van der Waals surface area contributed by atoms with Gasteiger partial charge in [-0.05, 0) is 58.4 Å². The number of carboxylic acids is 1. The molecule has 2 amide bonds. The van der Waals surface area contributed by atoms with E-state index in [2.05, 4.69) is 22.8 Å². The van der Waals surface area contributed by atoms with Gasteiger partial charge in [0.1, 0.15) is 12.6 Å². The second kappa shape index (κ2) is 9.33. The predicted octanol–water partition coefficient (Wildman–Crippen LogP) is 3.77. The number of hydrogen-bond donors (Lipinski definition) is 3. The third-order valence-corrected chi connectivity index (χ3v) is 8.75. The normalized spacial score (nSPS) is 18.7. The fourth-order valence-corrected chi connectivity index (χ4v) is 6.59. The van der Waals surface area contributed by atoms with Crippen molar-refractivity contribution in [2.24, 2.45) is 5.41 Å². The quantitative estimate of drug-likeness (QED) is 0.531. The molecule has 1 unspecified atom stereocenters. The first-order chi connectivity index (χ1) is 16.4. The molecule has 2 aliphatic carbocycles. The lowest BCUT2D eigenvalue weighted by atomic mass is 9.67. The van der Waals surface area contributed by atoms with E-state index in [-0.39, 0.29) is 37.3 Å². The lowest BCUT2D eigenvalue weighted by molar-refractivity contribution is -0.137. The van der Waals surface area contributed by atoms with Crippen molar-refractivity contribution in [3.63, 3.8) is 0 Å². The van der Waals surface area contributed by atoms with E-state index < -0.39 is 18.1 Å². The van der Waals surface area contributed by atoms with Gasteiger partial charge in [0, 0.05) is 18.4 Å². The molecule has 1 heterocycles. The number of amides is 2. The molecule has 7 nitrogen and oxygen atoms in total. The van der Waals surface area contributed by atoms with Crippen LogP contribution in [-0.2, 0) is 14.3 Å². The van der Waals surface area contributed by atoms with Gasteiger partial charge in [-0.3, -0.25) is 9.59 Å². The summed E-state index contributed by atoms with van der Waals surface area (Å²) in [7, 11) is 0. The van der Waals surface area contributed by atoms with Crippen LogP contribution in [0.4, 0.5) is 4.79 Å². The first kappa shape index (κ1) is 22.8. The highest BCUT2D eigenvalue weighted by Crippen LogP contribution is 2.52. The zero-order valence-corrected chi connectivity index (χ0v) is 19.6. The maximum absolute atomic E-state index is 12.8. The number of alkyl carbamates (subject to hydrolysis) is 1. The smallest absolute Gasteiger partial charge is 0.407 e. The van der Waals surface area contributed by atoms with Gasteiger partial charge < -0.3 is 20.5 Å². The number of carbonyl (C=O) groups excluding carboxylic acids is 2. The Morgan fingerprint density at radius 1 is 1.03 bits per heavy atom. The molecular formula is C26H28N2O5S. The summed E-state index contributed by atoms with van der Waals surface area (Å²) in [5.41, 5.74) is 4.84. The Labute approximate surface area is 202 Å². The molecule has 178 valence electrons. The van der Waals surface area contributed by atoms with Crippen LogP contribution in [0.1, 0.15) is 42.7 Å². The van der Waals surface area contributed by atoms with Gasteiger partial charge in [0.2, 0.25) is 5.91 Å². The van der Waals surface area contributed by atoms with Crippen LogP contribution >= 0.6 is 11.8 Å². The van der Waals surface area contributed by atoms with Crippen molar-refractivity contribution >= 4 is 29.7 Å². The molecule has 0 bridgehead atoms. The average molecular weight is 481 g/mol. The number of thioether (sulfide) groups is 1. The molecule has 8 heteroatoms. The molecule has 1 aliphatic heterocycles. The fourth-order valence-electron chi connectivity index (χ4n) is 5.33. The number of ether oxygens (including phenoxy) is 1. The van der Waals surface area contributed by atoms with Gasteiger partial charge in [-0.1, -0.05) is 48.5 Å². The monoisotopic (exact) mass is 480 g/mol. The van der Waals surface area contributed by atoms with Crippen LogP contribution in [0.25, 0.3) is 11.1 Å². The van der Waals surface area contributed by atoms with Crippen molar-refractivity contribution in [2.45, 2.75) is 43.7 Å². The van der Waals surface area contributed by atoms with Gasteiger partial charge in [-0.15, -0.1) is 0 Å². The summed E-state index contributed by atoms with van der Waals surface area (Å²) in [6.45, 7) is 0.135. The topological polar surface area (TPSA) is 105 Å². The van der Waals surface area contributed by atoms with Crippen molar-refractivity contribution < 1.29 is 24.2 Å². The van der Waals surface area contributed by atoms with Gasteiger partial charge in [0.05, 0.1) is 0 Å². The molecule has 5 rings (SSSR count). The van der Waals surface area contributed by atoms with Crippen LogP contribution in [0.15, 0.2) is 48.5 Å². The number of fused-ring (bicyclic) bond motifs is 3. The molecule has 0 aromatic heterocycles. The summed E-state index contributed by atoms with van der Waals surface area (Å²) in [4.78, 5) is 36.6. The number of carboxylic acid groups (broad SMARTS) is 1. The van der Waals surface area contributed by atoms with Crippen LogP contribution in [0.3, 0.4) is 0 Å². The van der Waals surface area contributed by atoms with Crippen molar-refractivity contribution in [3.8, 4) is 11.1 Å². The van der Waals surface area contributed by atoms with Gasteiger partial charge in [-0.2, -0.15) is 11.8 Å². The Bertz CT molecular complexity index is 1060. The highest BCUT2D eigenvalue weighted by Gasteiger charge is 2.49. The maximum Gasteiger partial charge on any atom is 0.407 e. The van der Waals surface area contributed by atoms with Gasteiger partial charge >= 0.3 is 12.1 Å². The van der Waals surface area contributed by atoms with Crippen molar-refractivity contribution in [2.75, 3.05) is 18.1 Å². The first-order valence-electron chi connectivity index (χ1n) is 11.7. The van der Waals surface area contributed by atoms with Gasteiger partial charge in [0.15, 0.2) is 0 Å². The summed E-state index contributed by atoms with van der Waals surface area (Å²) < 4.78 is 5.55. The fraction of sp³-hybridized carbons (Fsp3) is 0.423. The largest absolute Gasteiger partial charge is 0.481 e. The Hall–Kier alpha value is -3.00. The van der Waals surface area contributed by atoms with Crippen LogP contribution in [0.5, 0.6) is 0 Å². The summed E-state index contributed by atoms with van der Waals surface area (Å²) >= 11 is 1.92. The summed E-state index contributed by atoms with van der Waals surface area (Å²) in [5, 5.41) is 14.7. The zero-order chi connectivity index (χ0) is 23.7. The first-order valence-corrected chi connectivity index (χ1v) is 12.8. The lowest BCUT2D eigenvalue weighted by Gasteiger charge is -2.53. The van der Waals surface area contributed by atoms with Crippen molar-refractivity contribution in [1.82, 2.24) is 10.6 Å². The van der Waals surface area contributed by atoms with E-state index in [1.54, 1.807) is 0 Å². The molecule has 3 N–H and O–H groups in total. The minimum absolute atomic E-state index is 0.0130. The molecule has 1 saturated carbocycles. The molecule has 0 radical (unpaired) electrons. The van der Waals surface area contributed by atoms with E-state index >= 15 is 0 Å². The van der Waals surface area contributed by atoms with Gasteiger partial charge in [-0.25, -0.2) is 4.79 Å². The Morgan fingerprint density at radius 2 is 1.65 bits per heavy atom.